The molecule has 0 N–H and O–H groups in total. The largest absolute Gasteiger partial charge is 1.00 e. The first-order valence-corrected chi connectivity index (χ1v) is 14.3. The van der Waals surface area contributed by atoms with Crippen molar-refractivity contribution in [1.29, 1.82) is 0 Å². The zero-order valence-corrected chi connectivity index (χ0v) is 24.5. The molecule has 14 heteroatoms. The van der Waals surface area contributed by atoms with Gasteiger partial charge in [0.05, 0.1) is 14.7 Å². The van der Waals surface area contributed by atoms with Crippen LogP contribution >= 0.6 is 12.3 Å². The second-order valence-corrected chi connectivity index (χ2v) is 12.4. The standard InChI is InChI=1S/C14H14O6S3.C7H8O3S.Na/c1-11-3-7-13(8-4-11)22(15,16)19-21-20-23(17,18)14-9-5-12(2)6-10-14;1-6-2-4-7(5-3-6)11(8,9)10;/h3-10H,1-2H3;2-5H,1H3,(H,8,9,10);/q;;+1/p-1. The molecule has 0 amide bonds. The summed E-state index contributed by atoms with van der Waals surface area (Å²) in [6, 6.07) is 17.6. The summed E-state index contributed by atoms with van der Waals surface area (Å²) in [7, 11) is -12.5. The Morgan fingerprint density at radius 3 is 1.06 bits per heavy atom. The summed E-state index contributed by atoms with van der Waals surface area (Å²) in [6.45, 7) is 5.44. The normalized spacial score (nSPS) is 11.7. The van der Waals surface area contributed by atoms with Crippen LogP contribution in [-0.2, 0) is 37.6 Å². The van der Waals surface area contributed by atoms with E-state index in [-0.39, 0.29) is 56.6 Å². The van der Waals surface area contributed by atoms with E-state index in [1.165, 1.54) is 36.4 Å². The van der Waals surface area contributed by atoms with Gasteiger partial charge >= 0.3 is 49.8 Å². The number of hydrogen-bond donors (Lipinski definition) is 0. The molecular formula is C21H21NaO9S4. The Kier molecular flexibility index (Phi) is 12.1. The van der Waals surface area contributed by atoms with Gasteiger partial charge in [-0.3, -0.25) is 0 Å². The number of aryl methyl sites for hydroxylation is 3. The molecule has 0 aliphatic rings. The van der Waals surface area contributed by atoms with Gasteiger partial charge in [-0.1, -0.05) is 53.1 Å². The van der Waals surface area contributed by atoms with Gasteiger partial charge in [0.1, 0.15) is 10.1 Å². The van der Waals surface area contributed by atoms with Crippen LogP contribution in [0.3, 0.4) is 0 Å². The van der Waals surface area contributed by atoms with Crippen molar-refractivity contribution in [2.75, 3.05) is 0 Å². The summed E-state index contributed by atoms with van der Waals surface area (Å²) in [5, 5.41) is 0. The summed E-state index contributed by atoms with van der Waals surface area (Å²) in [5.74, 6) is 0. The molecular weight excluding hydrogens is 547 g/mol. The van der Waals surface area contributed by atoms with Gasteiger partial charge in [0, 0.05) is 0 Å². The molecule has 0 atom stereocenters. The molecule has 0 radical (unpaired) electrons. The first-order valence-electron chi connectivity index (χ1n) is 9.41. The maximum Gasteiger partial charge on any atom is 1.00 e. The Balaban J connectivity index is 0.000000430. The van der Waals surface area contributed by atoms with Crippen LogP contribution in [0.1, 0.15) is 16.7 Å². The molecule has 0 heterocycles. The molecule has 0 saturated carbocycles. The predicted octanol–water partition coefficient (Wildman–Crippen LogP) is 0.881. The minimum Gasteiger partial charge on any atom is -0.744 e. The maximum absolute atomic E-state index is 11.9. The van der Waals surface area contributed by atoms with E-state index < -0.39 is 30.4 Å². The third-order valence-electron chi connectivity index (χ3n) is 4.16. The van der Waals surface area contributed by atoms with Crippen molar-refractivity contribution in [3.8, 4) is 0 Å². The Morgan fingerprint density at radius 2 is 0.800 bits per heavy atom. The Bertz CT molecular complexity index is 1340. The van der Waals surface area contributed by atoms with Gasteiger partial charge in [-0.2, -0.15) is 24.1 Å². The molecule has 184 valence electrons. The Labute approximate surface area is 232 Å². The molecule has 3 aromatic rings. The third kappa shape index (κ3) is 10.3. The molecule has 0 aliphatic carbocycles. The van der Waals surface area contributed by atoms with E-state index in [9.17, 15) is 29.8 Å². The average molecular weight is 569 g/mol. The quantitative estimate of drug-likeness (QED) is 0.229. The molecule has 0 bridgehead atoms. The van der Waals surface area contributed by atoms with Gasteiger partial charge in [-0.05, 0) is 57.2 Å². The summed E-state index contributed by atoms with van der Waals surface area (Å²) >= 11 is -0.111. The molecule has 0 unspecified atom stereocenters. The smallest absolute Gasteiger partial charge is 0.744 e. The van der Waals surface area contributed by atoms with E-state index in [1.54, 1.807) is 36.4 Å². The van der Waals surface area contributed by atoms with Crippen LogP contribution in [0.15, 0.2) is 87.5 Å². The summed E-state index contributed by atoms with van der Waals surface area (Å²) in [5.41, 5.74) is 2.70. The number of benzene rings is 3. The van der Waals surface area contributed by atoms with Crippen LogP contribution in [0.5, 0.6) is 0 Å². The monoisotopic (exact) mass is 568 g/mol. The van der Waals surface area contributed by atoms with E-state index in [0.717, 1.165) is 16.7 Å². The molecule has 9 nitrogen and oxygen atoms in total. The van der Waals surface area contributed by atoms with Crippen molar-refractivity contribution in [3.63, 3.8) is 0 Å². The topological polar surface area (TPSA) is 144 Å². The van der Waals surface area contributed by atoms with Gasteiger partial charge < -0.3 is 4.55 Å². The maximum atomic E-state index is 11.9. The Hall–Kier alpha value is -1.26. The fraction of sp³-hybridized carbons (Fsp3) is 0.143. The first-order chi connectivity index (χ1) is 15.7. The van der Waals surface area contributed by atoms with E-state index in [4.69, 9.17) is 0 Å². The summed E-state index contributed by atoms with van der Waals surface area (Å²) < 4.78 is 87.8. The molecule has 0 fully saturated rings. The molecule has 0 aliphatic heterocycles. The number of rotatable bonds is 7. The van der Waals surface area contributed by atoms with E-state index in [0.29, 0.717) is 0 Å². The van der Waals surface area contributed by atoms with Crippen LogP contribution in [0.2, 0.25) is 0 Å². The minimum absolute atomic E-state index is 0. The predicted molar refractivity (Wildman–Crippen MR) is 126 cm³/mol. The van der Waals surface area contributed by atoms with Crippen LogP contribution < -0.4 is 29.6 Å². The fourth-order valence-corrected chi connectivity index (χ4v) is 5.19. The van der Waals surface area contributed by atoms with Crippen molar-refractivity contribution in [2.45, 2.75) is 35.5 Å². The van der Waals surface area contributed by atoms with Crippen molar-refractivity contribution in [2.24, 2.45) is 0 Å². The summed E-state index contributed by atoms with van der Waals surface area (Å²) in [4.78, 5) is -0.359. The zero-order chi connectivity index (χ0) is 25.6. The van der Waals surface area contributed by atoms with Crippen LogP contribution in [0.25, 0.3) is 0 Å². The van der Waals surface area contributed by atoms with E-state index in [1.807, 2.05) is 20.8 Å². The molecule has 3 rings (SSSR count). The SMILES string of the molecule is Cc1ccc(S(=O)(=O)OSOS(=O)(=O)c2ccc(C)cc2)cc1.Cc1ccc(S(=O)(=O)[O-])cc1.[Na+]. The van der Waals surface area contributed by atoms with Crippen LogP contribution in [0, 0.1) is 20.8 Å². The van der Waals surface area contributed by atoms with Crippen molar-refractivity contribution in [3.05, 3.63) is 89.5 Å². The van der Waals surface area contributed by atoms with E-state index >= 15 is 0 Å². The van der Waals surface area contributed by atoms with Crippen LogP contribution in [-0.4, -0.2) is 29.8 Å². The van der Waals surface area contributed by atoms with Crippen LogP contribution in [0.4, 0.5) is 0 Å². The van der Waals surface area contributed by atoms with Crippen molar-refractivity contribution >= 4 is 42.7 Å². The second-order valence-electron chi connectivity index (χ2n) is 7.01. The van der Waals surface area contributed by atoms with Crippen molar-refractivity contribution in [1.82, 2.24) is 0 Å². The second kappa shape index (κ2) is 13.3. The van der Waals surface area contributed by atoms with Gasteiger partial charge in [0.2, 0.25) is 0 Å². The molecule has 0 aromatic heterocycles. The average Bonchev–Trinajstić information content (AvgIpc) is 2.74. The van der Waals surface area contributed by atoms with Gasteiger partial charge in [0.15, 0.2) is 12.3 Å². The summed E-state index contributed by atoms with van der Waals surface area (Å²) in [6.07, 6.45) is 0. The minimum atomic E-state index is -4.27. The molecule has 3 aromatic carbocycles. The van der Waals surface area contributed by atoms with Gasteiger partial charge in [-0.15, -0.1) is 0 Å². The first kappa shape index (κ1) is 31.8. The Morgan fingerprint density at radius 1 is 0.543 bits per heavy atom. The van der Waals surface area contributed by atoms with Crippen molar-refractivity contribution < 1.29 is 66.6 Å². The molecule has 0 saturated heterocycles. The third-order valence-corrected chi connectivity index (χ3v) is 8.59. The molecule has 0 spiro atoms. The van der Waals surface area contributed by atoms with E-state index in [2.05, 4.69) is 7.26 Å². The fourth-order valence-electron chi connectivity index (χ4n) is 2.28. The van der Waals surface area contributed by atoms with Gasteiger partial charge in [-0.25, -0.2) is 8.42 Å². The zero-order valence-electron chi connectivity index (χ0n) is 19.2. The number of hydrogen-bond acceptors (Lipinski definition) is 10. The van der Waals surface area contributed by atoms with Gasteiger partial charge in [0.25, 0.3) is 0 Å². The molecule has 35 heavy (non-hydrogen) atoms.